The standard InChI is InChI=1S/C8H16N2O2/c1-6(5-9)10-7(11)12-8(2,3)4/h5-6,9H,1-4H3,(H,10,11)/t6-/m0/s1. The van der Waals surface area contributed by atoms with Crippen molar-refractivity contribution in [1.29, 1.82) is 5.41 Å². The Morgan fingerprint density at radius 1 is 1.58 bits per heavy atom. The fourth-order valence-electron chi connectivity index (χ4n) is 0.535. The summed E-state index contributed by atoms with van der Waals surface area (Å²) < 4.78 is 4.96. The molecule has 70 valence electrons. The molecule has 0 spiro atoms. The van der Waals surface area contributed by atoms with E-state index in [2.05, 4.69) is 5.32 Å². The van der Waals surface area contributed by atoms with Gasteiger partial charge in [0.15, 0.2) is 0 Å². The molecule has 0 saturated heterocycles. The molecule has 0 aliphatic heterocycles. The molecule has 0 aliphatic rings. The van der Waals surface area contributed by atoms with E-state index in [1.54, 1.807) is 27.7 Å². The van der Waals surface area contributed by atoms with Crippen molar-refractivity contribution in [2.75, 3.05) is 0 Å². The Morgan fingerprint density at radius 2 is 2.08 bits per heavy atom. The molecule has 0 rings (SSSR count). The third-order valence-corrected chi connectivity index (χ3v) is 0.994. The molecule has 0 aromatic heterocycles. The van der Waals surface area contributed by atoms with Crippen LogP contribution in [0, 0.1) is 5.41 Å². The predicted molar refractivity (Wildman–Crippen MR) is 47.6 cm³/mol. The first kappa shape index (κ1) is 10.9. The Labute approximate surface area is 72.8 Å². The quantitative estimate of drug-likeness (QED) is 0.621. The van der Waals surface area contributed by atoms with Crippen molar-refractivity contribution in [3.63, 3.8) is 0 Å². The molecular weight excluding hydrogens is 156 g/mol. The summed E-state index contributed by atoms with van der Waals surface area (Å²) in [6.07, 6.45) is 0.655. The second kappa shape index (κ2) is 4.09. The smallest absolute Gasteiger partial charge is 0.408 e. The average Bonchev–Trinajstić information content (AvgIpc) is 1.82. The lowest BCUT2D eigenvalue weighted by atomic mass is 10.2. The highest BCUT2D eigenvalue weighted by Crippen LogP contribution is 2.06. The van der Waals surface area contributed by atoms with E-state index in [0.29, 0.717) is 0 Å². The lowest BCUT2D eigenvalue weighted by molar-refractivity contribution is 0.0522. The van der Waals surface area contributed by atoms with E-state index in [0.717, 1.165) is 6.21 Å². The summed E-state index contributed by atoms with van der Waals surface area (Å²) in [6, 6.07) is -0.278. The maximum absolute atomic E-state index is 11.0. The molecule has 0 heterocycles. The molecule has 0 saturated carbocycles. The van der Waals surface area contributed by atoms with Crippen LogP contribution in [0.15, 0.2) is 0 Å². The molecular formula is C8H16N2O2. The normalized spacial score (nSPS) is 13.3. The zero-order chi connectivity index (χ0) is 9.78. The summed E-state index contributed by atoms with van der Waals surface area (Å²) in [5, 5.41) is 9.32. The highest BCUT2D eigenvalue weighted by molar-refractivity contribution is 5.73. The molecule has 12 heavy (non-hydrogen) atoms. The molecule has 4 nitrogen and oxygen atoms in total. The minimum Gasteiger partial charge on any atom is -0.444 e. The maximum Gasteiger partial charge on any atom is 0.408 e. The summed E-state index contributed by atoms with van der Waals surface area (Å²) in [7, 11) is 0. The minimum absolute atomic E-state index is 0.278. The van der Waals surface area contributed by atoms with E-state index in [4.69, 9.17) is 10.1 Å². The molecule has 0 radical (unpaired) electrons. The lowest BCUT2D eigenvalue weighted by Gasteiger charge is -2.20. The van der Waals surface area contributed by atoms with Crippen LogP contribution in [0.1, 0.15) is 27.7 Å². The summed E-state index contributed by atoms with van der Waals surface area (Å²) in [5.41, 5.74) is -0.480. The molecule has 0 unspecified atom stereocenters. The van der Waals surface area contributed by atoms with Crippen LogP contribution in [-0.2, 0) is 4.74 Å². The summed E-state index contributed by atoms with van der Waals surface area (Å²) >= 11 is 0. The van der Waals surface area contributed by atoms with Crippen molar-refractivity contribution in [2.45, 2.75) is 39.3 Å². The second-order valence-corrected chi connectivity index (χ2v) is 3.60. The monoisotopic (exact) mass is 172 g/mol. The molecule has 1 atom stereocenters. The van der Waals surface area contributed by atoms with Gasteiger partial charge < -0.3 is 15.5 Å². The molecule has 0 aromatic carbocycles. The molecule has 0 aliphatic carbocycles. The number of hydrogen-bond donors (Lipinski definition) is 2. The van der Waals surface area contributed by atoms with Crippen molar-refractivity contribution < 1.29 is 9.53 Å². The van der Waals surface area contributed by atoms with Gasteiger partial charge in [0.05, 0.1) is 6.04 Å². The number of nitrogens with one attached hydrogen (secondary N) is 2. The number of carbonyl (C=O) groups is 1. The van der Waals surface area contributed by atoms with Crippen LogP contribution in [0.4, 0.5) is 4.79 Å². The highest BCUT2D eigenvalue weighted by Gasteiger charge is 2.16. The van der Waals surface area contributed by atoms with Gasteiger partial charge >= 0.3 is 6.09 Å². The van der Waals surface area contributed by atoms with Crippen molar-refractivity contribution in [1.82, 2.24) is 5.32 Å². The van der Waals surface area contributed by atoms with Crippen LogP contribution in [-0.4, -0.2) is 24.0 Å². The number of rotatable bonds is 2. The molecule has 4 heteroatoms. The van der Waals surface area contributed by atoms with Gasteiger partial charge in [0.2, 0.25) is 0 Å². The lowest BCUT2D eigenvalue weighted by Crippen LogP contribution is -2.38. The Morgan fingerprint density at radius 3 is 2.42 bits per heavy atom. The number of hydrogen-bond acceptors (Lipinski definition) is 3. The van der Waals surface area contributed by atoms with Gasteiger partial charge in [-0.1, -0.05) is 0 Å². The third kappa shape index (κ3) is 5.70. The van der Waals surface area contributed by atoms with E-state index >= 15 is 0 Å². The average molecular weight is 172 g/mol. The van der Waals surface area contributed by atoms with Crippen LogP contribution < -0.4 is 5.32 Å². The Bertz CT molecular complexity index is 172. The highest BCUT2D eigenvalue weighted by atomic mass is 16.6. The van der Waals surface area contributed by atoms with Crippen LogP contribution in [0.3, 0.4) is 0 Å². The van der Waals surface area contributed by atoms with Crippen LogP contribution in [0.25, 0.3) is 0 Å². The Kier molecular flexibility index (Phi) is 3.73. The number of ether oxygens (including phenoxy) is 1. The van der Waals surface area contributed by atoms with Crippen LogP contribution >= 0.6 is 0 Å². The van der Waals surface area contributed by atoms with Gasteiger partial charge in [-0.15, -0.1) is 0 Å². The van der Waals surface area contributed by atoms with Crippen LogP contribution in [0.2, 0.25) is 0 Å². The first-order chi connectivity index (χ1) is 5.35. The number of amides is 1. The van der Waals surface area contributed by atoms with Gasteiger partial charge in [-0.3, -0.25) is 0 Å². The van der Waals surface area contributed by atoms with Crippen molar-refractivity contribution in [3.05, 3.63) is 0 Å². The zero-order valence-electron chi connectivity index (χ0n) is 7.97. The fourth-order valence-corrected chi connectivity index (χ4v) is 0.535. The minimum atomic E-state index is -0.488. The van der Waals surface area contributed by atoms with Crippen molar-refractivity contribution >= 4 is 12.3 Å². The van der Waals surface area contributed by atoms with Crippen molar-refractivity contribution in [2.24, 2.45) is 0 Å². The second-order valence-electron chi connectivity index (χ2n) is 3.60. The van der Waals surface area contributed by atoms with Crippen molar-refractivity contribution in [3.8, 4) is 0 Å². The summed E-state index contributed by atoms with van der Waals surface area (Å²) in [6.45, 7) is 7.09. The predicted octanol–water partition coefficient (Wildman–Crippen LogP) is 1.55. The van der Waals surface area contributed by atoms with E-state index in [9.17, 15) is 4.79 Å². The Hall–Kier alpha value is -1.06. The Balaban J connectivity index is 3.82. The molecule has 2 N–H and O–H groups in total. The number of carbonyl (C=O) groups excluding carboxylic acids is 1. The molecule has 0 fully saturated rings. The van der Waals surface area contributed by atoms with Gasteiger partial charge in [-0.25, -0.2) is 4.79 Å². The largest absolute Gasteiger partial charge is 0.444 e. The third-order valence-electron chi connectivity index (χ3n) is 0.994. The van der Waals surface area contributed by atoms with Gasteiger partial charge in [0.1, 0.15) is 5.60 Å². The van der Waals surface area contributed by atoms with Gasteiger partial charge in [0, 0.05) is 6.21 Å². The van der Waals surface area contributed by atoms with Gasteiger partial charge in [0.25, 0.3) is 0 Å². The van der Waals surface area contributed by atoms with E-state index in [1.165, 1.54) is 0 Å². The van der Waals surface area contributed by atoms with Gasteiger partial charge in [-0.05, 0) is 27.7 Å². The van der Waals surface area contributed by atoms with E-state index < -0.39 is 11.7 Å². The van der Waals surface area contributed by atoms with E-state index in [-0.39, 0.29) is 6.04 Å². The summed E-state index contributed by atoms with van der Waals surface area (Å²) in [5.74, 6) is 0. The maximum atomic E-state index is 11.0. The SMILES string of the molecule is C[C@@H](C=N)NC(=O)OC(C)(C)C. The zero-order valence-corrected chi connectivity index (χ0v) is 7.97. The van der Waals surface area contributed by atoms with Crippen LogP contribution in [0.5, 0.6) is 0 Å². The molecule has 1 amide bonds. The first-order valence-corrected chi connectivity index (χ1v) is 3.85. The fraction of sp³-hybridized carbons (Fsp3) is 0.750. The topological polar surface area (TPSA) is 62.2 Å². The molecule has 0 bridgehead atoms. The summed E-state index contributed by atoms with van der Waals surface area (Å²) in [4.78, 5) is 11.0. The first-order valence-electron chi connectivity index (χ1n) is 3.85. The van der Waals surface area contributed by atoms with E-state index in [1.807, 2.05) is 0 Å². The van der Waals surface area contributed by atoms with Gasteiger partial charge in [-0.2, -0.15) is 0 Å². The number of alkyl carbamates (subject to hydrolysis) is 1. The molecule has 0 aromatic rings.